The minimum absolute atomic E-state index is 0. The van der Waals surface area contributed by atoms with Crippen molar-refractivity contribution >= 4 is 34.2 Å². The molecule has 0 spiro atoms. The lowest BCUT2D eigenvalue weighted by Crippen LogP contribution is -2.30. The highest BCUT2D eigenvalue weighted by atomic mass is 79.9. The fourth-order valence-electron chi connectivity index (χ4n) is 2.07. The monoisotopic (exact) mass is 398 g/mol. The molecule has 1 aromatic rings. The predicted molar refractivity (Wildman–Crippen MR) is 84.3 cm³/mol. The van der Waals surface area contributed by atoms with Crippen molar-refractivity contribution in [1.82, 2.24) is 10.6 Å². The first kappa shape index (κ1) is 19.0. The van der Waals surface area contributed by atoms with Crippen LogP contribution in [0.15, 0.2) is 34.3 Å². The third-order valence-electron chi connectivity index (χ3n) is 3.17. The van der Waals surface area contributed by atoms with E-state index in [1.807, 2.05) is 6.08 Å². The fourth-order valence-corrected chi connectivity index (χ4v) is 2.43. The van der Waals surface area contributed by atoms with Crippen LogP contribution in [0.3, 0.4) is 0 Å². The van der Waals surface area contributed by atoms with Crippen molar-refractivity contribution in [2.24, 2.45) is 0 Å². The summed E-state index contributed by atoms with van der Waals surface area (Å²) in [7, 11) is 0. The van der Waals surface area contributed by atoms with Crippen molar-refractivity contribution in [2.75, 3.05) is 19.6 Å². The lowest BCUT2D eigenvalue weighted by molar-refractivity contribution is -0.138. The third-order valence-corrected chi connectivity index (χ3v) is 3.66. The molecule has 3 nitrogen and oxygen atoms in total. The van der Waals surface area contributed by atoms with Crippen LogP contribution in [0.5, 0.6) is 0 Å². The quantitative estimate of drug-likeness (QED) is 0.764. The molecule has 0 atom stereocenters. The Labute approximate surface area is 140 Å². The van der Waals surface area contributed by atoms with Crippen LogP contribution in [0, 0.1) is 0 Å². The minimum atomic E-state index is -4.57. The SMILES string of the molecule is Cl.O=C(NCC1=CCNCC1)c1ccc(Br)cc1C(F)(F)F. The third kappa shape index (κ3) is 5.00. The molecule has 0 aliphatic carbocycles. The van der Waals surface area contributed by atoms with Crippen LogP contribution in [0.4, 0.5) is 13.2 Å². The molecule has 1 amide bonds. The molecule has 1 aliphatic rings. The van der Waals surface area contributed by atoms with Gasteiger partial charge in [0, 0.05) is 17.6 Å². The zero-order valence-electron chi connectivity index (χ0n) is 11.5. The Morgan fingerprint density at radius 2 is 2.09 bits per heavy atom. The zero-order chi connectivity index (χ0) is 15.5. The molecule has 22 heavy (non-hydrogen) atoms. The summed E-state index contributed by atoms with van der Waals surface area (Å²) in [5.41, 5.74) is -0.276. The van der Waals surface area contributed by atoms with E-state index >= 15 is 0 Å². The predicted octanol–water partition coefficient (Wildman–Crippen LogP) is 3.54. The number of alkyl halides is 3. The van der Waals surface area contributed by atoms with E-state index < -0.39 is 17.6 Å². The average molecular weight is 400 g/mol. The van der Waals surface area contributed by atoms with E-state index in [1.165, 1.54) is 12.1 Å². The number of amides is 1. The second kappa shape index (κ2) is 7.99. The van der Waals surface area contributed by atoms with E-state index in [0.29, 0.717) is 0 Å². The Bertz CT molecular complexity index is 576. The molecule has 122 valence electrons. The smallest absolute Gasteiger partial charge is 0.348 e. The minimum Gasteiger partial charge on any atom is -0.348 e. The maximum absolute atomic E-state index is 13.0. The highest BCUT2D eigenvalue weighted by Crippen LogP contribution is 2.33. The van der Waals surface area contributed by atoms with Crippen LogP contribution in [0.1, 0.15) is 22.3 Å². The van der Waals surface area contributed by atoms with Crippen molar-refractivity contribution in [3.63, 3.8) is 0 Å². The van der Waals surface area contributed by atoms with Gasteiger partial charge in [-0.25, -0.2) is 0 Å². The van der Waals surface area contributed by atoms with Gasteiger partial charge in [0.2, 0.25) is 0 Å². The van der Waals surface area contributed by atoms with Gasteiger partial charge in [-0.15, -0.1) is 12.4 Å². The molecule has 0 saturated heterocycles. The number of carbonyl (C=O) groups excluding carboxylic acids is 1. The molecule has 0 bridgehead atoms. The summed E-state index contributed by atoms with van der Waals surface area (Å²) < 4.78 is 39.2. The van der Waals surface area contributed by atoms with Crippen LogP contribution < -0.4 is 10.6 Å². The molecular weight excluding hydrogens is 385 g/mol. The molecule has 1 aromatic carbocycles. The topological polar surface area (TPSA) is 41.1 Å². The number of hydrogen-bond donors (Lipinski definition) is 2. The van der Waals surface area contributed by atoms with Gasteiger partial charge in [-0.1, -0.05) is 27.6 Å². The number of benzene rings is 1. The molecule has 8 heteroatoms. The first-order chi connectivity index (χ1) is 9.88. The molecular formula is C14H15BrClF3N2O. The second-order valence-electron chi connectivity index (χ2n) is 4.69. The molecule has 2 N–H and O–H groups in total. The fraction of sp³-hybridized carbons (Fsp3) is 0.357. The standard InChI is InChI=1S/C14H14BrF3N2O.ClH/c15-10-1-2-11(12(7-10)14(16,17)18)13(21)20-8-9-3-5-19-6-4-9;/h1-3,7,19H,4-6,8H2,(H,20,21);1H. The first-order valence-corrected chi connectivity index (χ1v) is 7.21. The summed E-state index contributed by atoms with van der Waals surface area (Å²) in [6, 6.07) is 3.52. The largest absolute Gasteiger partial charge is 0.417 e. The zero-order valence-corrected chi connectivity index (χ0v) is 13.9. The van der Waals surface area contributed by atoms with E-state index in [1.54, 1.807) is 0 Å². The van der Waals surface area contributed by atoms with Gasteiger partial charge < -0.3 is 10.6 Å². The summed E-state index contributed by atoms with van der Waals surface area (Å²) in [4.78, 5) is 12.0. The summed E-state index contributed by atoms with van der Waals surface area (Å²) >= 11 is 2.99. The van der Waals surface area contributed by atoms with Gasteiger partial charge in [-0.3, -0.25) is 4.79 Å². The van der Waals surface area contributed by atoms with E-state index in [0.717, 1.165) is 31.1 Å². The molecule has 2 rings (SSSR count). The van der Waals surface area contributed by atoms with Gasteiger partial charge in [0.1, 0.15) is 0 Å². The Morgan fingerprint density at radius 1 is 1.36 bits per heavy atom. The van der Waals surface area contributed by atoms with Crippen LogP contribution in [-0.2, 0) is 6.18 Å². The van der Waals surface area contributed by atoms with Crippen molar-refractivity contribution in [1.29, 1.82) is 0 Å². The summed E-state index contributed by atoms with van der Waals surface area (Å²) in [6.45, 7) is 1.80. The second-order valence-corrected chi connectivity index (χ2v) is 5.60. The summed E-state index contributed by atoms with van der Waals surface area (Å²) in [5.74, 6) is -0.714. The van der Waals surface area contributed by atoms with Gasteiger partial charge in [0.05, 0.1) is 11.1 Å². The van der Waals surface area contributed by atoms with E-state index in [9.17, 15) is 18.0 Å². The van der Waals surface area contributed by atoms with Crippen molar-refractivity contribution < 1.29 is 18.0 Å². The molecule has 0 fully saturated rings. The Kier molecular flexibility index (Phi) is 6.90. The highest BCUT2D eigenvalue weighted by Gasteiger charge is 2.35. The Morgan fingerprint density at radius 3 is 2.68 bits per heavy atom. The van der Waals surface area contributed by atoms with E-state index in [-0.39, 0.29) is 29.0 Å². The molecule has 1 aliphatic heterocycles. The number of rotatable bonds is 3. The molecule has 0 unspecified atom stereocenters. The molecule has 0 radical (unpaired) electrons. The maximum atomic E-state index is 13.0. The van der Waals surface area contributed by atoms with Crippen LogP contribution in [-0.4, -0.2) is 25.5 Å². The Balaban J connectivity index is 0.00000242. The van der Waals surface area contributed by atoms with Crippen LogP contribution >= 0.6 is 28.3 Å². The molecule has 1 heterocycles. The van der Waals surface area contributed by atoms with Crippen molar-refractivity contribution in [3.05, 3.63) is 45.4 Å². The van der Waals surface area contributed by atoms with Gasteiger partial charge in [-0.2, -0.15) is 13.2 Å². The van der Waals surface area contributed by atoms with E-state index in [2.05, 4.69) is 26.6 Å². The molecule has 0 aromatic heterocycles. The Hall–Kier alpha value is -1.05. The van der Waals surface area contributed by atoms with Crippen molar-refractivity contribution in [3.8, 4) is 0 Å². The van der Waals surface area contributed by atoms with E-state index in [4.69, 9.17) is 0 Å². The number of halogens is 5. The maximum Gasteiger partial charge on any atom is 0.417 e. The van der Waals surface area contributed by atoms with Crippen molar-refractivity contribution in [2.45, 2.75) is 12.6 Å². The number of hydrogen-bond acceptors (Lipinski definition) is 2. The van der Waals surface area contributed by atoms with Gasteiger partial charge >= 0.3 is 6.18 Å². The summed E-state index contributed by atoms with van der Waals surface area (Å²) in [6.07, 6.45) is -1.84. The lowest BCUT2D eigenvalue weighted by atomic mass is 10.1. The molecule has 0 saturated carbocycles. The summed E-state index contributed by atoms with van der Waals surface area (Å²) in [5, 5.41) is 5.68. The average Bonchev–Trinajstić information content (AvgIpc) is 2.45. The van der Waals surface area contributed by atoms with Gasteiger partial charge in [-0.05, 0) is 31.2 Å². The van der Waals surface area contributed by atoms with Gasteiger partial charge in [0.25, 0.3) is 5.91 Å². The first-order valence-electron chi connectivity index (χ1n) is 6.41. The van der Waals surface area contributed by atoms with Gasteiger partial charge in [0.15, 0.2) is 0 Å². The van der Waals surface area contributed by atoms with Crippen LogP contribution in [0.25, 0.3) is 0 Å². The number of nitrogens with one attached hydrogen (secondary N) is 2. The van der Waals surface area contributed by atoms with Crippen LogP contribution in [0.2, 0.25) is 0 Å². The number of carbonyl (C=O) groups is 1. The highest BCUT2D eigenvalue weighted by molar-refractivity contribution is 9.10. The normalized spacial score (nSPS) is 14.8. The lowest BCUT2D eigenvalue weighted by Gasteiger charge is -2.16.